The maximum Gasteiger partial charge on any atom is 0.138 e. The number of phenols is 1. The lowest BCUT2D eigenvalue weighted by Crippen LogP contribution is -2.39. The molecule has 1 atom stereocenters. The first-order valence-corrected chi connectivity index (χ1v) is 9.99. The van der Waals surface area contributed by atoms with Crippen molar-refractivity contribution in [2.75, 3.05) is 19.6 Å². The lowest BCUT2D eigenvalue weighted by atomic mass is 10.1. The van der Waals surface area contributed by atoms with Crippen LogP contribution in [0.1, 0.15) is 30.9 Å². The van der Waals surface area contributed by atoms with E-state index in [0.29, 0.717) is 22.6 Å². The van der Waals surface area contributed by atoms with Gasteiger partial charge in [-0.2, -0.15) is 0 Å². The maximum atomic E-state index is 10.4. The van der Waals surface area contributed by atoms with E-state index in [1.165, 1.54) is 24.9 Å². The fourth-order valence-corrected chi connectivity index (χ4v) is 4.36. The van der Waals surface area contributed by atoms with Crippen molar-refractivity contribution in [3.05, 3.63) is 63.6 Å². The number of hydrogen-bond acceptors (Lipinski definition) is 3. The molecule has 3 nitrogen and oxygen atoms in total. The predicted octanol–water partition coefficient (Wildman–Crippen LogP) is 5.19. The smallest absolute Gasteiger partial charge is 0.138 e. The highest BCUT2D eigenvalue weighted by atomic mass is 35.5. The summed E-state index contributed by atoms with van der Waals surface area (Å²) in [7, 11) is 0. The van der Waals surface area contributed by atoms with Gasteiger partial charge in [0.25, 0.3) is 0 Å². The van der Waals surface area contributed by atoms with Crippen LogP contribution in [0.25, 0.3) is 0 Å². The van der Waals surface area contributed by atoms with Crippen molar-refractivity contribution >= 4 is 23.2 Å². The van der Waals surface area contributed by atoms with E-state index in [-0.39, 0.29) is 5.75 Å². The molecule has 0 aliphatic carbocycles. The van der Waals surface area contributed by atoms with Gasteiger partial charge in [-0.05, 0) is 43.6 Å². The van der Waals surface area contributed by atoms with Gasteiger partial charge in [0.1, 0.15) is 5.75 Å². The zero-order chi connectivity index (χ0) is 18.5. The van der Waals surface area contributed by atoms with Crippen molar-refractivity contribution in [3.8, 4) is 5.75 Å². The van der Waals surface area contributed by atoms with Gasteiger partial charge in [0.05, 0.1) is 5.02 Å². The first-order chi connectivity index (χ1) is 12.6. The third kappa shape index (κ3) is 4.92. The summed E-state index contributed by atoms with van der Waals surface area (Å²) in [5.74, 6) is 0.132. The second kappa shape index (κ2) is 9.09. The van der Waals surface area contributed by atoms with Crippen LogP contribution < -0.4 is 0 Å². The van der Waals surface area contributed by atoms with E-state index in [1.54, 1.807) is 6.07 Å². The van der Waals surface area contributed by atoms with Crippen LogP contribution in [-0.2, 0) is 13.1 Å². The molecule has 1 saturated heterocycles. The topological polar surface area (TPSA) is 26.7 Å². The molecule has 0 saturated carbocycles. The molecule has 1 aliphatic rings. The lowest BCUT2D eigenvalue weighted by molar-refractivity contribution is 0.165. The molecule has 0 bridgehead atoms. The van der Waals surface area contributed by atoms with Gasteiger partial charge in [-0.3, -0.25) is 9.80 Å². The normalized spacial score (nSPS) is 17.9. The highest BCUT2D eigenvalue weighted by Crippen LogP contribution is 2.32. The first-order valence-electron chi connectivity index (χ1n) is 9.24. The molecule has 1 heterocycles. The first kappa shape index (κ1) is 19.5. The van der Waals surface area contributed by atoms with Gasteiger partial charge in [-0.15, -0.1) is 0 Å². The van der Waals surface area contributed by atoms with Crippen LogP contribution in [0.2, 0.25) is 10.0 Å². The highest BCUT2D eigenvalue weighted by Gasteiger charge is 2.25. The van der Waals surface area contributed by atoms with E-state index in [1.807, 2.05) is 12.1 Å². The SMILES string of the molecule is CCN1CCC[C@@H]1CN(Cc1ccccc1)Cc1cc(Cl)cc(Cl)c1O. The van der Waals surface area contributed by atoms with Crippen LogP contribution >= 0.6 is 23.2 Å². The Bertz CT molecular complexity index is 723. The number of likely N-dealkylation sites (tertiary alicyclic amines) is 1. The molecule has 0 unspecified atom stereocenters. The van der Waals surface area contributed by atoms with Crippen LogP contribution in [0.3, 0.4) is 0 Å². The summed E-state index contributed by atoms with van der Waals surface area (Å²) in [6.07, 6.45) is 2.48. The van der Waals surface area contributed by atoms with Gasteiger partial charge in [-0.1, -0.05) is 60.5 Å². The van der Waals surface area contributed by atoms with Gasteiger partial charge in [0.2, 0.25) is 0 Å². The van der Waals surface area contributed by atoms with Crippen molar-refractivity contribution in [2.45, 2.75) is 38.9 Å². The molecule has 0 radical (unpaired) electrons. The zero-order valence-electron chi connectivity index (χ0n) is 15.2. The van der Waals surface area contributed by atoms with Crippen LogP contribution in [0.4, 0.5) is 0 Å². The van der Waals surface area contributed by atoms with Gasteiger partial charge in [0.15, 0.2) is 0 Å². The summed E-state index contributed by atoms with van der Waals surface area (Å²) in [5, 5.41) is 11.2. The van der Waals surface area contributed by atoms with Crippen molar-refractivity contribution in [3.63, 3.8) is 0 Å². The molecule has 1 fully saturated rings. The molecular formula is C21H26Cl2N2O. The Hall–Kier alpha value is -1.26. The summed E-state index contributed by atoms with van der Waals surface area (Å²) >= 11 is 12.3. The Labute approximate surface area is 166 Å². The van der Waals surface area contributed by atoms with E-state index >= 15 is 0 Å². The van der Waals surface area contributed by atoms with Crippen LogP contribution in [0.15, 0.2) is 42.5 Å². The standard InChI is InChI=1S/C21H26Cl2N2O/c1-2-25-10-6-9-19(25)15-24(13-16-7-4-3-5-8-16)14-17-11-18(22)12-20(23)21(17)26/h3-5,7-8,11-12,19,26H,2,6,9-10,13-15H2,1H3/t19-/m1/s1. The van der Waals surface area contributed by atoms with E-state index in [9.17, 15) is 5.11 Å². The monoisotopic (exact) mass is 392 g/mol. The number of nitrogens with zero attached hydrogens (tertiary/aromatic N) is 2. The summed E-state index contributed by atoms with van der Waals surface area (Å²) in [5.41, 5.74) is 2.04. The average molecular weight is 393 g/mol. The second-order valence-electron chi connectivity index (χ2n) is 6.98. The highest BCUT2D eigenvalue weighted by molar-refractivity contribution is 6.35. The fourth-order valence-electron chi connectivity index (χ4n) is 3.82. The van der Waals surface area contributed by atoms with E-state index < -0.39 is 0 Å². The molecular weight excluding hydrogens is 367 g/mol. The number of benzene rings is 2. The Morgan fingerprint density at radius 1 is 1.15 bits per heavy atom. The third-order valence-electron chi connectivity index (χ3n) is 5.12. The van der Waals surface area contributed by atoms with Crippen LogP contribution in [0, 0.1) is 0 Å². The van der Waals surface area contributed by atoms with Gasteiger partial charge in [-0.25, -0.2) is 0 Å². The number of hydrogen-bond donors (Lipinski definition) is 1. The molecule has 1 N–H and O–H groups in total. The Morgan fingerprint density at radius 3 is 2.65 bits per heavy atom. The van der Waals surface area contributed by atoms with E-state index in [4.69, 9.17) is 23.2 Å². The fraction of sp³-hybridized carbons (Fsp3) is 0.429. The number of rotatable bonds is 7. The van der Waals surface area contributed by atoms with Gasteiger partial charge >= 0.3 is 0 Å². The van der Waals surface area contributed by atoms with Crippen LogP contribution in [-0.4, -0.2) is 40.6 Å². The average Bonchev–Trinajstić information content (AvgIpc) is 3.07. The molecule has 0 aromatic heterocycles. The molecule has 0 amide bonds. The minimum atomic E-state index is 0.132. The Kier molecular flexibility index (Phi) is 6.82. The molecule has 5 heteroatoms. The van der Waals surface area contributed by atoms with Gasteiger partial charge < -0.3 is 5.11 Å². The Balaban J connectivity index is 1.80. The van der Waals surface area contributed by atoms with Crippen molar-refractivity contribution in [1.82, 2.24) is 9.80 Å². The van der Waals surface area contributed by atoms with Gasteiger partial charge in [0, 0.05) is 36.3 Å². The maximum absolute atomic E-state index is 10.4. The molecule has 0 spiro atoms. The third-order valence-corrected chi connectivity index (χ3v) is 5.63. The van der Waals surface area contributed by atoms with Crippen LogP contribution in [0.5, 0.6) is 5.75 Å². The molecule has 3 rings (SSSR count). The number of aromatic hydroxyl groups is 1. The molecule has 140 valence electrons. The predicted molar refractivity (Wildman–Crippen MR) is 109 cm³/mol. The number of likely N-dealkylation sites (N-methyl/N-ethyl adjacent to an activating group) is 1. The lowest BCUT2D eigenvalue weighted by Gasteiger charge is -2.30. The number of phenolic OH excluding ortho intramolecular Hbond substituents is 1. The van der Waals surface area contributed by atoms with E-state index in [2.05, 4.69) is 41.0 Å². The minimum absolute atomic E-state index is 0.132. The largest absolute Gasteiger partial charge is 0.506 e. The van der Waals surface area contributed by atoms with Crippen molar-refractivity contribution in [2.24, 2.45) is 0 Å². The molecule has 2 aromatic rings. The molecule has 1 aliphatic heterocycles. The summed E-state index contributed by atoms with van der Waals surface area (Å²) in [6.45, 7) is 6.90. The number of halogens is 2. The molecule has 26 heavy (non-hydrogen) atoms. The summed E-state index contributed by atoms with van der Waals surface area (Å²) < 4.78 is 0. The second-order valence-corrected chi connectivity index (χ2v) is 7.82. The van der Waals surface area contributed by atoms with E-state index in [0.717, 1.165) is 25.2 Å². The van der Waals surface area contributed by atoms with Crippen molar-refractivity contribution < 1.29 is 5.11 Å². The minimum Gasteiger partial charge on any atom is -0.506 e. The summed E-state index contributed by atoms with van der Waals surface area (Å²) in [6, 6.07) is 14.4. The summed E-state index contributed by atoms with van der Waals surface area (Å²) in [4.78, 5) is 4.93. The Morgan fingerprint density at radius 2 is 1.92 bits per heavy atom. The zero-order valence-corrected chi connectivity index (χ0v) is 16.7. The van der Waals surface area contributed by atoms with Crippen molar-refractivity contribution in [1.29, 1.82) is 0 Å². The quantitative estimate of drug-likeness (QED) is 0.702. The molecule has 2 aromatic carbocycles.